The number of benzene rings is 2. The lowest BCUT2D eigenvalue weighted by Gasteiger charge is -2.34. The molecule has 2 aliphatic rings. The van der Waals surface area contributed by atoms with Gasteiger partial charge in [0.15, 0.2) is 0 Å². The summed E-state index contributed by atoms with van der Waals surface area (Å²) in [6, 6.07) is 17.1. The van der Waals surface area contributed by atoms with Crippen LogP contribution in [0.15, 0.2) is 48.5 Å². The lowest BCUT2D eigenvalue weighted by molar-refractivity contribution is 0.451. The van der Waals surface area contributed by atoms with E-state index in [-0.39, 0.29) is 10.8 Å². The molecule has 2 aromatic rings. The van der Waals surface area contributed by atoms with Gasteiger partial charge in [-0.15, -0.1) is 0 Å². The second-order valence-electron chi connectivity index (χ2n) is 8.89. The van der Waals surface area contributed by atoms with Crippen molar-refractivity contribution in [3.63, 3.8) is 0 Å². The molecule has 0 nitrogen and oxygen atoms in total. The standard InChI is InChI=1S/C24H28Cl2S/c1-23(17-3-4-17,19-7-11-21(25)12-8-19)15-27-16-24(2,18-5-6-18)20-9-13-22(26)14-10-20/h7-14,17-18H,3-6,15-16H2,1-2H3. The predicted octanol–water partition coefficient (Wildman–Crippen LogP) is 7.76. The summed E-state index contributed by atoms with van der Waals surface area (Å²) in [4.78, 5) is 0. The van der Waals surface area contributed by atoms with Crippen LogP contribution in [-0.2, 0) is 10.8 Å². The van der Waals surface area contributed by atoms with E-state index in [9.17, 15) is 0 Å². The lowest BCUT2D eigenvalue weighted by Crippen LogP contribution is -2.32. The first-order valence-electron chi connectivity index (χ1n) is 10.0. The number of rotatable bonds is 8. The zero-order valence-corrected chi connectivity index (χ0v) is 18.5. The average Bonchev–Trinajstić information content (AvgIpc) is 3.55. The third-order valence-electron chi connectivity index (χ3n) is 6.77. The highest BCUT2D eigenvalue weighted by Crippen LogP contribution is 2.52. The van der Waals surface area contributed by atoms with Gasteiger partial charge in [0.25, 0.3) is 0 Å². The molecule has 3 heteroatoms. The normalized spacial score (nSPS) is 21.5. The van der Waals surface area contributed by atoms with E-state index in [1.807, 2.05) is 24.3 Å². The zero-order valence-electron chi connectivity index (χ0n) is 16.2. The molecule has 27 heavy (non-hydrogen) atoms. The highest BCUT2D eigenvalue weighted by atomic mass is 35.5. The summed E-state index contributed by atoms with van der Waals surface area (Å²) in [5, 5.41) is 1.65. The van der Waals surface area contributed by atoms with E-state index < -0.39 is 0 Å². The molecule has 0 bridgehead atoms. The Hall–Kier alpha value is -0.630. The van der Waals surface area contributed by atoms with Gasteiger partial charge in [-0.25, -0.2) is 0 Å². The fourth-order valence-electron chi connectivity index (χ4n) is 4.45. The van der Waals surface area contributed by atoms with E-state index >= 15 is 0 Å². The molecule has 0 aliphatic heterocycles. The van der Waals surface area contributed by atoms with Gasteiger partial charge in [0.05, 0.1) is 0 Å². The van der Waals surface area contributed by atoms with Crippen molar-refractivity contribution in [3.8, 4) is 0 Å². The van der Waals surface area contributed by atoms with Crippen molar-refractivity contribution < 1.29 is 0 Å². The quantitative estimate of drug-likeness (QED) is 0.421. The van der Waals surface area contributed by atoms with Crippen LogP contribution >= 0.6 is 35.0 Å². The van der Waals surface area contributed by atoms with E-state index in [1.165, 1.54) is 48.3 Å². The van der Waals surface area contributed by atoms with Gasteiger partial charge in [-0.2, -0.15) is 11.8 Å². The van der Waals surface area contributed by atoms with Crippen LogP contribution in [0, 0.1) is 11.8 Å². The Morgan fingerprint density at radius 3 is 1.33 bits per heavy atom. The van der Waals surface area contributed by atoms with Crippen molar-refractivity contribution in [2.24, 2.45) is 11.8 Å². The van der Waals surface area contributed by atoms with Crippen molar-refractivity contribution in [2.75, 3.05) is 11.5 Å². The van der Waals surface area contributed by atoms with Crippen LogP contribution in [0.5, 0.6) is 0 Å². The average molecular weight is 419 g/mol. The second kappa shape index (κ2) is 7.65. The first-order valence-corrected chi connectivity index (χ1v) is 11.9. The maximum absolute atomic E-state index is 6.13. The molecule has 0 saturated heterocycles. The molecule has 0 radical (unpaired) electrons. The van der Waals surface area contributed by atoms with Crippen molar-refractivity contribution >= 4 is 35.0 Å². The fourth-order valence-corrected chi connectivity index (χ4v) is 6.46. The van der Waals surface area contributed by atoms with Crippen LogP contribution < -0.4 is 0 Å². The minimum atomic E-state index is 0.250. The third kappa shape index (κ3) is 4.21. The van der Waals surface area contributed by atoms with Crippen molar-refractivity contribution in [1.82, 2.24) is 0 Å². The molecule has 2 aromatic carbocycles. The molecule has 0 aromatic heterocycles. The van der Waals surface area contributed by atoms with E-state index in [0.29, 0.717) is 0 Å². The van der Waals surface area contributed by atoms with Crippen LogP contribution in [0.1, 0.15) is 50.7 Å². The molecule has 2 fully saturated rings. The van der Waals surface area contributed by atoms with Gasteiger partial charge in [-0.1, -0.05) is 61.3 Å². The van der Waals surface area contributed by atoms with Crippen molar-refractivity contribution in [2.45, 2.75) is 50.4 Å². The fraction of sp³-hybridized carbons (Fsp3) is 0.500. The van der Waals surface area contributed by atoms with Gasteiger partial charge in [0.1, 0.15) is 0 Å². The summed E-state index contributed by atoms with van der Waals surface area (Å²) in [7, 11) is 0. The van der Waals surface area contributed by atoms with E-state index in [4.69, 9.17) is 23.2 Å². The highest BCUT2D eigenvalue weighted by molar-refractivity contribution is 7.99. The topological polar surface area (TPSA) is 0 Å². The Morgan fingerprint density at radius 2 is 1.04 bits per heavy atom. The number of thioether (sulfide) groups is 1. The molecule has 0 heterocycles. The highest BCUT2D eigenvalue weighted by Gasteiger charge is 2.45. The molecule has 0 amide bonds. The molecule has 2 atom stereocenters. The first kappa shape index (κ1) is 19.7. The van der Waals surface area contributed by atoms with Gasteiger partial charge in [0, 0.05) is 32.4 Å². The Kier molecular flexibility index (Phi) is 5.58. The second-order valence-corrected chi connectivity index (χ2v) is 10.7. The first-order chi connectivity index (χ1) is 12.9. The summed E-state index contributed by atoms with van der Waals surface area (Å²) in [6.07, 6.45) is 5.43. The van der Waals surface area contributed by atoms with Gasteiger partial charge >= 0.3 is 0 Å². The van der Waals surface area contributed by atoms with E-state index in [1.54, 1.807) is 0 Å². The Morgan fingerprint density at radius 1 is 0.704 bits per heavy atom. The van der Waals surface area contributed by atoms with Gasteiger partial charge < -0.3 is 0 Å². The minimum Gasteiger partial charge on any atom is -0.160 e. The molecular formula is C24H28Cl2S. The van der Waals surface area contributed by atoms with E-state index in [0.717, 1.165) is 21.9 Å². The monoisotopic (exact) mass is 418 g/mol. The van der Waals surface area contributed by atoms with Crippen LogP contribution in [0.4, 0.5) is 0 Å². The van der Waals surface area contributed by atoms with Gasteiger partial charge in [-0.05, 0) is 72.9 Å². The number of halogens is 2. The number of hydrogen-bond acceptors (Lipinski definition) is 1. The largest absolute Gasteiger partial charge is 0.160 e. The molecule has 2 unspecified atom stereocenters. The van der Waals surface area contributed by atoms with Crippen LogP contribution in [0.25, 0.3) is 0 Å². The molecule has 4 rings (SSSR count). The van der Waals surface area contributed by atoms with Crippen molar-refractivity contribution in [1.29, 1.82) is 0 Å². The lowest BCUT2D eigenvalue weighted by atomic mass is 9.79. The van der Waals surface area contributed by atoms with Gasteiger partial charge in [-0.3, -0.25) is 0 Å². The maximum Gasteiger partial charge on any atom is 0.0406 e. The third-order valence-corrected chi connectivity index (χ3v) is 8.88. The molecule has 2 aliphatic carbocycles. The molecule has 0 N–H and O–H groups in total. The number of hydrogen-bond donors (Lipinski definition) is 0. The van der Waals surface area contributed by atoms with Crippen molar-refractivity contribution in [3.05, 3.63) is 69.7 Å². The Labute approximate surface area is 178 Å². The maximum atomic E-state index is 6.13. The van der Waals surface area contributed by atoms with Gasteiger partial charge in [0.2, 0.25) is 0 Å². The summed E-state index contributed by atoms with van der Waals surface area (Å²) in [5.41, 5.74) is 3.39. The molecule has 0 spiro atoms. The predicted molar refractivity (Wildman–Crippen MR) is 120 cm³/mol. The molecule has 144 valence electrons. The Balaban J connectivity index is 1.49. The SMILES string of the molecule is CC(CSCC(C)(c1ccc(Cl)cc1)C1CC1)(c1ccc(Cl)cc1)C1CC1. The Bertz CT molecular complexity index is 710. The molecule has 2 saturated carbocycles. The van der Waals surface area contributed by atoms with Crippen LogP contribution in [-0.4, -0.2) is 11.5 Å². The summed E-state index contributed by atoms with van der Waals surface area (Å²) in [5.74, 6) is 3.98. The summed E-state index contributed by atoms with van der Waals surface area (Å²) in [6.45, 7) is 4.91. The summed E-state index contributed by atoms with van der Waals surface area (Å²) < 4.78 is 0. The zero-order chi connectivity index (χ0) is 19.1. The smallest absolute Gasteiger partial charge is 0.0406 e. The summed E-state index contributed by atoms with van der Waals surface area (Å²) >= 11 is 14.4. The van der Waals surface area contributed by atoms with Crippen LogP contribution in [0.2, 0.25) is 10.0 Å². The minimum absolute atomic E-state index is 0.250. The van der Waals surface area contributed by atoms with Crippen LogP contribution in [0.3, 0.4) is 0 Å². The van der Waals surface area contributed by atoms with E-state index in [2.05, 4.69) is 49.9 Å². The molecular weight excluding hydrogens is 391 g/mol.